The van der Waals surface area contributed by atoms with Gasteiger partial charge in [0, 0.05) is 25.6 Å². The number of nitrogens with one attached hydrogen (secondary N) is 1. The molecule has 0 radical (unpaired) electrons. The number of carbonyl (C=O) groups excluding carboxylic acids is 1. The van der Waals surface area contributed by atoms with Crippen LogP contribution < -0.4 is 19.5 Å². The Labute approximate surface area is 285 Å². The molecule has 1 aromatic heterocycles. The Morgan fingerprint density at radius 3 is 2.63 bits per heavy atom. The fourth-order valence-corrected chi connectivity index (χ4v) is 7.72. The first-order chi connectivity index (χ1) is 23.7. The van der Waals surface area contributed by atoms with Gasteiger partial charge in [-0.3, -0.25) is 0 Å². The van der Waals surface area contributed by atoms with Gasteiger partial charge < -0.3 is 38.8 Å². The highest BCUT2D eigenvalue weighted by Crippen LogP contribution is 2.35. The molecule has 0 unspecified atom stereocenters. The monoisotopic (exact) mass is 701 g/mol. The van der Waals surface area contributed by atoms with Gasteiger partial charge in [0.2, 0.25) is 16.8 Å². The zero-order valence-corrected chi connectivity index (χ0v) is 28.4. The van der Waals surface area contributed by atoms with E-state index < -0.39 is 40.7 Å². The van der Waals surface area contributed by atoms with E-state index in [1.165, 1.54) is 16.4 Å². The minimum Gasteiger partial charge on any atom is -0.494 e. The van der Waals surface area contributed by atoms with Crippen molar-refractivity contribution in [1.82, 2.24) is 24.6 Å². The van der Waals surface area contributed by atoms with E-state index in [0.717, 1.165) is 12.0 Å². The van der Waals surface area contributed by atoms with E-state index in [1.54, 1.807) is 23.3 Å². The van der Waals surface area contributed by atoms with E-state index in [9.17, 15) is 18.3 Å². The van der Waals surface area contributed by atoms with E-state index in [2.05, 4.69) is 15.5 Å². The number of carbonyl (C=O) groups is 1. The van der Waals surface area contributed by atoms with Crippen LogP contribution in [-0.4, -0.2) is 103 Å². The van der Waals surface area contributed by atoms with Crippen molar-refractivity contribution >= 4 is 16.1 Å². The fraction of sp³-hybridized carbons (Fsp3) is 0.545. The standard InChI is InChI=1S/C33H43N5O10S/c1-22(2)18-37(49(41,42)25-8-9-29-30(17-25)47-21-46-29)19-28(39)27(36-33(40)48-31-20-45-32-26(31)10-15-44-32)16-23-4-6-24(7-5-23)43-14-3-13-38-34-11-12-35-38/h4-9,11-12,17,22,26-28,31-32,39H,3,10,13-16,18-21H2,1-2H3,(H,36,40)/t26-,27-,28+,31-,32+/m0/s1. The summed E-state index contributed by atoms with van der Waals surface area (Å²) in [5, 5.41) is 22.6. The first-order valence-electron chi connectivity index (χ1n) is 16.5. The molecular formula is C33H43N5O10S. The fourth-order valence-electron chi connectivity index (χ4n) is 6.08. The molecule has 5 atom stereocenters. The molecule has 15 nitrogen and oxygen atoms in total. The summed E-state index contributed by atoms with van der Waals surface area (Å²) in [6.07, 6.45) is 1.96. The number of hydrogen-bond donors (Lipinski definition) is 2. The number of fused-ring (bicyclic) bond motifs is 2. The number of sulfonamides is 1. The minimum absolute atomic E-state index is 0.00895. The van der Waals surface area contributed by atoms with Crippen LogP contribution in [0.3, 0.4) is 0 Å². The third kappa shape index (κ3) is 8.80. The molecule has 4 heterocycles. The molecule has 1 amide bonds. The lowest BCUT2D eigenvalue weighted by Gasteiger charge is -2.31. The van der Waals surface area contributed by atoms with Crippen molar-refractivity contribution in [3.8, 4) is 17.2 Å². The molecule has 3 aliphatic heterocycles. The number of aromatic nitrogens is 3. The first kappa shape index (κ1) is 34.9. The Morgan fingerprint density at radius 1 is 1.08 bits per heavy atom. The molecule has 0 saturated carbocycles. The van der Waals surface area contributed by atoms with Crippen molar-refractivity contribution in [2.45, 2.75) is 69.1 Å². The lowest BCUT2D eigenvalue weighted by Crippen LogP contribution is -2.51. The summed E-state index contributed by atoms with van der Waals surface area (Å²) in [6, 6.07) is 10.8. The largest absolute Gasteiger partial charge is 0.494 e. The normalized spacial score (nSPS) is 21.1. The van der Waals surface area contributed by atoms with Crippen LogP contribution >= 0.6 is 0 Å². The van der Waals surface area contributed by atoms with Crippen LogP contribution in [0, 0.1) is 11.8 Å². The minimum atomic E-state index is -4.07. The molecule has 2 saturated heterocycles. The van der Waals surface area contributed by atoms with Gasteiger partial charge in [-0.05, 0) is 48.6 Å². The van der Waals surface area contributed by atoms with Gasteiger partial charge in [-0.25, -0.2) is 13.2 Å². The number of amides is 1. The van der Waals surface area contributed by atoms with Crippen LogP contribution in [0.2, 0.25) is 0 Å². The molecule has 0 spiro atoms. The van der Waals surface area contributed by atoms with Gasteiger partial charge in [-0.15, -0.1) is 0 Å². The molecule has 16 heteroatoms. The van der Waals surface area contributed by atoms with Gasteiger partial charge in [0.15, 0.2) is 17.8 Å². The molecular weight excluding hydrogens is 658 g/mol. The Hall–Kier alpha value is -3.96. The maximum absolute atomic E-state index is 13.9. The van der Waals surface area contributed by atoms with E-state index >= 15 is 0 Å². The molecule has 266 valence electrons. The molecule has 49 heavy (non-hydrogen) atoms. The quantitative estimate of drug-likeness (QED) is 0.210. The predicted octanol–water partition coefficient (Wildman–Crippen LogP) is 2.58. The summed E-state index contributed by atoms with van der Waals surface area (Å²) in [5.41, 5.74) is 0.792. The first-order valence-corrected chi connectivity index (χ1v) is 17.9. The van der Waals surface area contributed by atoms with Crippen molar-refractivity contribution in [1.29, 1.82) is 0 Å². The maximum Gasteiger partial charge on any atom is 0.407 e. The molecule has 2 aromatic carbocycles. The number of hydrogen-bond acceptors (Lipinski definition) is 12. The molecule has 0 bridgehead atoms. The molecule has 3 aromatic rings. The lowest BCUT2D eigenvalue weighted by atomic mass is 10.0. The summed E-state index contributed by atoms with van der Waals surface area (Å²) in [5.74, 6) is 1.34. The van der Waals surface area contributed by atoms with Crippen LogP contribution in [-0.2, 0) is 37.2 Å². The van der Waals surface area contributed by atoms with E-state index in [0.29, 0.717) is 43.4 Å². The highest BCUT2D eigenvalue weighted by atomic mass is 32.2. The van der Waals surface area contributed by atoms with Crippen molar-refractivity contribution in [2.24, 2.45) is 11.8 Å². The van der Waals surface area contributed by atoms with Gasteiger partial charge in [0.25, 0.3) is 0 Å². The molecule has 2 fully saturated rings. The molecule has 0 aliphatic carbocycles. The Morgan fingerprint density at radius 2 is 1.86 bits per heavy atom. The van der Waals surface area contributed by atoms with Crippen LogP contribution in [0.4, 0.5) is 4.79 Å². The van der Waals surface area contributed by atoms with Gasteiger partial charge in [-0.2, -0.15) is 19.3 Å². The Bertz CT molecular complexity index is 1640. The topological polar surface area (TPSA) is 173 Å². The van der Waals surface area contributed by atoms with Crippen molar-refractivity contribution < 1.29 is 46.7 Å². The van der Waals surface area contributed by atoms with Crippen LogP contribution in [0.5, 0.6) is 17.2 Å². The van der Waals surface area contributed by atoms with Gasteiger partial charge in [-0.1, -0.05) is 26.0 Å². The number of benzene rings is 2. The molecule has 3 aliphatic rings. The molecule has 2 N–H and O–H groups in total. The van der Waals surface area contributed by atoms with Gasteiger partial charge in [0.1, 0.15) is 11.9 Å². The van der Waals surface area contributed by atoms with Crippen molar-refractivity contribution in [3.05, 3.63) is 60.4 Å². The highest BCUT2D eigenvalue weighted by Gasteiger charge is 2.44. The second-order valence-electron chi connectivity index (χ2n) is 12.7. The van der Waals surface area contributed by atoms with Gasteiger partial charge in [0.05, 0.1) is 61.7 Å². The maximum atomic E-state index is 13.9. The summed E-state index contributed by atoms with van der Waals surface area (Å²) in [4.78, 5) is 14.8. The van der Waals surface area contributed by atoms with E-state index in [1.807, 2.05) is 38.1 Å². The Balaban J connectivity index is 1.15. The highest BCUT2D eigenvalue weighted by molar-refractivity contribution is 7.89. The predicted molar refractivity (Wildman–Crippen MR) is 173 cm³/mol. The second kappa shape index (κ2) is 15.7. The Kier molecular flexibility index (Phi) is 11.2. The summed E-state index contributed by atoms with van der Waals surface area (Å²) < 4.78 is 62.6. The number of alkyl carbamates (subject to hydrolysis) is 1. The van der Waals surface area contributed by atoms with Crippen molar-refractivity contribution in [2.75, 3.05) is 39.7 Å². The average molecular weight is 702 g/mol. The lowest BCUT2D eigenvalue weighted by molar-refractivity contribution is -0.0907. The average Bonchev–Trinajstić information content (AvgIpc) is 3.90. The number of aliphatic hydroxyl groups excluding tert-OH is 1. The zero-order chi connectivity index (χ0) is 34.4. The molecule has 6 rings (SSSR count). The van der Waals surface area contributed by atoms with Crippen LogP contribution in [0.15, 0.2) is 59.8 Å². The third-order valence-electron chi connectivity index (χ3n) is 8.57. The van der Waals surface area contributed by atoms with Crippen LogP contribution in [0.25, 0.3) is 0 Å². The zero-order valence-electron chi connectivity index (χ0n) is 27.5. The number of rotatable bonds is 16. The second-order valence-corrected chi connectivity index (χ2v) is 14.6. The summed E-state index contributed by atoms with van der Waals surface area (Å²) >= 11 is 0. The number of aliphatic hydroxyl groups is 1. The number of aryl methyl sites for hydroxylation is 1. The van der Waals surface area contributed by atoms with E-state index in [-0.39, 0.29) is 49.6 Å². The van der Waals surface area contributed by atoms with Crippen molar-refractivity contribution in [3.63, 3.8) is 0 Å². The van der Waals surface area contributed by atoms with Gasteiger partial charge >= 0.3 is 6.09 Å². The summed E-state index contributed by atoms with van der Waals surface area (Å²) in [7, 11) is -4.07. The summed E-state index contributed by atoms with van der Waals surface area (Å²) in [6.45, 7) is 5.49. The SMILES string of the molecule is CC(C)CN(C[C@@H](O)[C@H](Cc1ccc(OCCCn2nccn2)cc1)NC(=O)O[C@H]1CO[C@H]2OCC[C@H]21)S(=O)(=O)c1ccc2c(c1)OCO2. The van der Waals surface area contributed by atoms with E-state index in [4.69, 9.17) is 28.4 Å². The number of nitrogens with zero attached hydrogens (tertiary/aromatic N) is 4. The van der Waals surface area contributed by atoms with Crippen LogP contribution in [0.1, 0.15) is 32.3 Å². The smallest absolute Gasteiger partial charge is 0.407 e. The third-order valence-corrected chi connectivity index (χ3v) is 10.4. The number of ether oxygens (including phenoxy) is 6.